The minimum Gasteiger partial charge on any atom is -0.478 e. The highest BCUT2D eigenvalue weighted by molar-refractivity contribution is 6.31. The van der Waals surface area contributed by atoms with Crippen LogP contribution in [-0.4, -0.2) is 55.0 Å². The summed E-state index contributed by atoms with van der Waals surface area (Å²) in [6, 6.07) is 3.48. The van der Waals surface area contributed by atoms with Crippen LogP contribution < -0.4 is 15.0 Å². The van der Waals surface area contributed by atoms with E-state index in [2.05, 4.69) is 10.2 Å². The third kappa shape index (κ3) is 3.62. The summed E-state index contributed by atoms with van der Waals surface area (Å²) < 4.78 is 5.81. The number of hydrogen-bond acceptors (Lipinski definition) is 4. The molecule has 3 saturated heterocycles. The highest BCUT2D eigenvalue weighted by Gasteiger charge is 2.37. The molecular weight excluding hydrogens is 389 g/mol. The number of rotatable bonds is 3. The van der Waals surface area contributed by atoms with Crippen LogP contribution in [0.3, 0.4) is 0 Å². The molecule has 6 nitrogen and oxygen atoms in total. The van der Waals surface area contributed by atoms with E-state index in [1.165, 1.54) is 0 Å². The third-order valence-electron chi connectivity index (χ3n) is 5.77. The molecular formula is C19H25Cl2N3O3. The van der Waals surface area contributed by atoms with Gasteiger partial charge in [0.1, 0.15) is 0 Å². The van der Waals surface area contributed by atoms with Crippen LogP contribution in [0.5, 0.6) is 5.75 Å². The van der Waals surface area contributed by atoms with Gasteiger partial charge in [-0.3, -0.25) is 9.59 Å². The monoisotopic (exact) mass is 413 g/mol. The van der Waals surface area contributed by atoms with Crippen LogP contribution in [0.2, 0.25) is 5.02 Å². The number of benzene rings is 1. The van der Waals surface area contributed by atoms with Gasteiger partial charge in [-0.05, 0) is 57.8 Å². The molecule has 8 heteroatoms. The highest BCUT2D eigenvalue weighted by Crippen LogP contribution is 2.40. The van der Waals surface area contributed by atoms with Gasteiger partial charge in [-0.1, -0.05) is 11.6 Å². The molecule has 4 aliphatic rings. The van der Waals surface area contributed by atoms with Gasteiger partial charge < -0.3 is 19.9 Å². The highest BCUT2D eigenvalue weighted by atomic mass is 35.5. The first-order chi connectivity index (χ1) is 12.5. The molecule has 3 fully saturated rings. The summed E-state index contributed by atoms with van der Waals surface area (Å²) in [5.74, 6) is 0.681. The Hall–Kier alpha value is -1.50. The number of carbonyl (C=O) groups is 2. The van der Waals surface area contributed by atoms with Gasteiger partial charge >= 0.3 is 0 Å². The zero-order valence-corrected chi connectivity index (χ0v) is 17.1. The van der Waals surface area contributed by atoms with Crippen LogP contribution in [0.25, 0.3) is 0 Å². The average molecular weight is 414 g/mol. The van der Waals surface area contributed by atoms with Crippen molar-refractivity contribution >= 4 is 41.5 Å². The Bertz CT molecular complexity index is 750. The lowest BCUT2D eigenvalue weighted by Gasteiger charge is -2.45. The molecule has 0 aromatic heterocycles. The Labute approximate surface area is 170 Å². The maximum Gasteiger partial charge on any atom is 0.267 e. The van der Waals surface area contributed by atoms with Crippen molar-refractivity contribution in [3.8, 4) is 5.75 Å². The van der Waals surface area contributed by atoms with E-state index in [4.69, 9.17) is 16.3 Å². The van der Waals surface area contributed by atoms with Crippen molar-refractivity contribution in [2.75, 3.05) is 31.1 Å². The van der Waals surface area contributed by atoms with Crippen LogP contribution >= 0.6 is 24.0 Å². The zero-order valence-electron chi connectivity index (χ0n) is 15.5. The lowest BCUT2D eigenvalue weighted by molar-refractivity contribution is -0.125. The standard InChI is InChI=1S/C19H24ClN3O3.ClH/c1-3-23-16-9-13(20)8-14(17(16)26-11(2)19(23)25)18(24)21-15-10-22-6-4-12(15)5-7-22;/h8-9,11-12,15H,3-7,10H2,1-2H3,(H,21,24);1H. The minimum absolute atomic E-state index is 0. The van der Waals surface area contributed by atoms with E-state index in [0.717, 1.165) is 32.5 Å². The minimum atomic E-state index is -0.619. The molecule has 2 amide bonds. The van der Waals surface area contributed by atoms with E-state index in [0.29, 0.717) is 34.5 Å². The lowest BCUT2D eigenvalue weighted by atomic mass is 9.84. The topological polar surface area (TPSA) is 61.9 Å². The number of halogens is 2. The third-order valence-corrected chi connectivity index (χ3v) is 5.99. The fraction of sp³-hybridized carbons (Fsp3) is 0.579. The summed E-state index contributed by atoms with van der Waals surface area (Å²) in [7, 11) is 0. The molecule has 4 heterocycles. The van der Waals surface area contributed by atoms with Gasteiger partial charge in [-0.15, -0.1) is 12.4 Å². The maximum atomic E-state index is 13.0. The Morgan fingerprint density at radius 1 is 1.33 bits per heavy atom. The van der Waals surface area contributed by atoms with Crippen LogP contribution in [0.15, 0.2) is 12.1 Å². The number of ether oxygens (including phenoxy) is 1. The largest absolute Gasteiger partial charge is 0.478 e. The van der Waals surface area contributed by atoms with Crippen molar-refractivity contribution < 1.29 is 14.3 Å². The molecule has 148 valence electrons. The van der Waals surface area contributed by atoms with E-state index in [1.54, 1.807) is 24.0 Å². The Kier molecular flexibility index (Phi) is 5.89. The first-order valence-corrected chi connectivity index (χ1v) is 9.70. The molecule has 2 atom stereocenters. The first-order valence-electron chi connectivity index (χ1n) is 9.32. The number of likely N-dealkylation sites (N-methyl/N-ethyl adjacent to an activating group) is 1. The number of nitrogens with zero attached hydrogens (tertiary/aromatic N) is 2. The van der Waals surface area contributed by atoms with Crippen molar-refractivity contribution in [3.05, 3.63) is 22.7 Å². The molecule has 27 heavy (non-hydrogen) atoms. The predicted molar refractivity (Wildman–Crippen MR) is 107 cm³/mol. The van der Waals surface area contributed by atoms with Gasteiger partial charge in [-0.25, -0.2) is 0 Å². The fourth-order valence-electron chi connectivity index (χ4n) is 4.34. The average Bonchev–Trinajstić information content (AvgIpc) is 2.64. The smallest absolute Gasteiger partial charge is 0.267 e. The first kappa shape index (κ1) is 20.2. The molecule has 4 aliphatic heterocycles. The van der Waals surface area contributed by atoms with Crippen LogP contribution in [0.4, 0.5) is 5.69 Å². The van der Waals surface area contributed by atoms with Gasteiger partial charge in [0.15, 0.2) is 11.9 Å². The van der Waals surface area contributed by atoms with E-state index in [9.17, 15) is 9.59 Å². The van der Waals surface area contributed by atoms with E-state index < -0.39 is 6.10 Å². The van der Waals surface area contributed by atoms with Gasteiger partial charge in [-0.2, -0.15) is 0 Å². The van der Waals surface area contributed by atoms with E-state index >= 15 is 0 Å². The van der Waals surface area contributed by atoms with Crippen molar-refractivity contribution in [2.24, 2.45) is 5.92 Å². The number of hydrogen-bond donors (Lipinski definition) is 1. The second-order valence-electron chi connectivity index (χ2n) is 7.36. The molecule has 1 aromatic rings. The molecule has 0 radical (unpaired) electrons. The second-order valence-corrected chi connectivity index (χ2v) is 7.80. The number of fused-ring (bicyclic) bond motifs is 4. The van der Waals surface area contributed by atoms with Gasteiger partial charge in [0, 0.05) is 24.2 Å². The van der Waals surface area contributed by atoms with Crippen molar-refractivity contribution in [1.82, 2.24) is 10.2 Å². The number of amides is 2. The Morgan fingerprint density at radius 2 is 2.04 bits per heavy atom. The second kappa shape index (κ2) is 7.86. The summed E-state index contributed by atoms with van der Waals surface area (Å²) in [6.45, 7) is 7.25. The predicted octanol–water partition coefficient (Wildman–Crippen LogP) is 2.72. The molecule has 5 rings (SSSR count). The van der Waals surface area contributed by atoms with Crippen molar-refractivity contribution in [1.29, 1.82) is 0 Å². The number of anilines is 1. The molecule has 0 saturated carbocycles. The van der Waals surface area contributed by atoms with E-state index in [1.807, 2.05) is 6.92 Å². The van der Waals surface area contributed by atoms with Gasteiger partial charge in [0.05, 0.1) is 11.3 Å². The van der Waals surface area contributed by atoms with Gasteiger partial charge in [0.25, 0.3) is 11.8 Å². The number of piperidine rings is 3. The van der Waals surface area contributed by atoms with Gasteiger partial charge in [0.2, 0.25) is 0 Å². The van der Waals surface area contributed by atoms with E-state index in [-0.39, 0.29) is 30.3 Å². The molecule has 2 bridgehead atoms. The van der Waals surface area contributed by atoms with Crippen molar-refractivity contribution in [2.45, 2.75) is 38.8 Å². The maximum absolute atomic E-state index is 13.0. The summed E-state index contributed by atoms with van der Waals surface area (Å²) in [6.07, 6.45) is 1.64. The molecule has 0 spiro atoms. The quantitative estimate of drug-likeness (QED) is 0.827. The van der Waals surface area contributed by atoms with Crippen LogP contribution in [0, 0.1) is 5.92 Å². The van der Waals surface area contributed by atoms with Crippen molar-refractivity contribution in [3.63, 3.8) is 0 Å². The summed E-state index contributed by atoms with van der Waals surface area (Å²) in [5.41, 5.74) is 0.976. The summed E-state index contributed by atoms with van der Waals surface area (Å²) >= 11 is 6.26. The van der Waals surface area contributed by atoms with Crippen LogP contribution in [0.1, 0.15) is 37.0 Å². The zero-order chi connectivity index (χ0) is 18.4. The number of nitrogens with one attached hydrogen (secondary N) is 1. The Balaban J connectivity index is 0.00000210. The lowest BCUT2D eigenvalue weighted by Crippen LogP contribution is -2.57. The normalized spacial score (nSPS) is 28.9. The number of carbonyl (C=O) groups excluding carboxylic acids is 2. The molecule has 1 N–H and O–H groups in total. The summed E-state index contributed by atoms with van der Waals surface area (Å²) in [4.78, 5) is 29.4. The Morgan fingerprint density at radius 3 is 2.63 bits per heavy atom. The summed E-state index contributed by atoms with van der Waals surface area (Å²) in [5, 5.41) is 3.60. The molecule has 1 aromatic carbocycles. The fourth-order valence-corrected chi connectivity index (χ4v) is 4.55. The molecule has 2 unspecified atom stereocenters. The van der Waals surface area contributed by atoms with Crippen LogP contribution in [-0.2, 0) is 4.79 Å². The molecule has 0 aliphatic carbocycles. The SMILES string of the molecule is CCN1C(=O)C(C)Oc2c(C(=O)NC3CN4CCC3CC4)cc(Cl)cc21.Cl.